The van der Waals surface area contributed by atoms with Crippen molar-refractivity contribution in [2.24, 2.45) is 5.92 Å². The molecule has 134 valence electrons. The smallest absolute Gasteiger partial charge is 0.329 e. The predicted octanol–water partition coefficient (Wildman–Crippen LogP) is 2.28. The second kappa shape index (κ2) is 5.84. The average molecular weight is 345 g/mol. The van der Waals surface area contributed by atoms with Crippen LogP contribution in [-0.4, -0.2) is 36.1 Å². The molecule has 1 aliphatic heterocycles. The summed E-state index contributed by atoms with van der Waals surface area (Å²) in [6, 6.07) is 6.25. The summed E-state index contributed by atoms with van der Waals surface area (Å²) in [5.41, 5.74) is -0.899. The van der Waals surface area contributed by atoms with Crippen molar-refractivity contribution in [3.05, 3.63) is 24.3 Å². The Kier molecular flexibility index (Phi) is 4.07. The lowest BCUT2D eigenvalue weighted by Gasteiger charge is -2.23. The molecule has 1 heterocycles. The van der Waals surface area contributed by atoms with Crippen molar-refractivity contribution in [1.82, 2.24) is 5.32 Å². The Bertz CT molecular complexity index is 742. The van der Waals surface area contributed by atoms with Gasteiger partial charge < -0.3 is 15.4 Å². The molecule has 2 N–H and O–H groups in total. The van der Waals surface area contributed by atoms with Crippen molar-refractivity contribution in [2.75, 3.05) is 17.3 Å². The third kappa shape index (κ3) is 3.00. The molecule has 25 heavy (non-hydrogen) atoms. The molecule has 1 aromatic rings. The van der Waals surface area contributed by atoms with Crippen LogP contribution in [0.5, 0.6) is 0 Å². The van der Waals surface area contributed by atoms with E-state index in [4.69, 9.17) is 4.74 Å². The second-order valence-corrected chi connectivity index (χ2v) is 7.27. The SMILES string of the molecule is COC(C)(C)C(=O)Nc1cccc(N2C(=O)N[C@@](C)(C3CC3)C2=O)c1. The van der Waals surface area contributed by atoms with Gasteiger partial charge in [0.2, 0.25) is 0 Å². The zero-order chi connectivity index (χ0) is 18.4. The molecular formula is C18H23N3O4. The molecule has 3 rings (SSSR count). The Morgan fingerprint density at radius 2 is 2.04 bits per heavy atom. The number of benzene rings is 1. The highest BCUT2D eigenvalue weighted by Gasteiger charge is 2.56. The van der Waals surface area contributed by atoms with Crippen LogP contribution in [0.15, 0.2) is 24.3 Å². The maximum atomic E-state index is 12.8. The van der Waals surface area contributed by atoms with Crippen LogP contribution in [0.4, 0.5) is 16.2 Å². The molecule has 0 aromatic heterocycles. The van der Waals surface area contributed by atoms with Crippen LogP contribution in [0.25, 0.3) is 0 Å². The lowest BCUT2D eigenvalue weighted by atomic mass is 9.96. The molecule has 0 spiro atoms. The highest BCUT2D eigenvalue weighted by Crippen LogP contribution is 2.43. The zero-order valence-electron chi connectivity index (χ0n) is 14.9. The molecule has 1 atom stereocenters. The second-order valence-electron chi connectivity index (χ2n) is 7.27. The maximum Gasteiger partial charge on any atom is 0.329 e. The molecule has 0 radical (unpaired) electrons. The van der Waals surface area contributed by atoms with Gasteiger partial charge in [-0.2, -0.15) is 0 Å². The first-order valence-electron chi connectivity index (χ1n) is 8.32. The summed E-state index contributed by atoms with van der Waals surface area (Å²) < 4.78 is 5.16. The first-order chi connectivity index (χ1) is 11.7. The number of nitrogens with zero attached hydrogens (tertiary/aromatic N) is 1. The summed E-state index contributed by atoms with van der Waals surface area (Å²) in [5, 5.41) is 5.56. The van der Waals surface area contributed by atoms with Crippen LogP contribution in [0.2, 0.25) is 0 Å². The van der Waals surface area contributed by atoms with Crippen molar-refractivity contribution < 1.29 is 19.1 Å². The van der Waals surface area contributed by atoms with E-state index in [0.717, 1.165) is 17.7 Å². The van der Waals surface area contributed by atoms with Gasteiger partial charge in [-0.1, -0.05) is 6.07 Å². The molecule has 4 amide bonds. The fourth-order valence-electron chi connectivity index (χ4n) is 2.92. The summed E-state index contributed by atoms with van der Waals surface area (Å²) in [7, 11) is 1.46. The minimum atomic E-state index is -0.985. The fraction of sp³-hybridized carbons (Fsp3) is 0.500. The van der Waals surface area contributed by atoms with Gasteiger partial charge in [-0.15, -0.1) is 0 Å². The zero-order valence-corrected chi connectivity index (χ0v) is 14.9. The van der Waals surface area contributed by atoms with Gasteiger partial charge in [0.1, 0.15) is 11.1 Å². The van der Waals surface area contributed by atoms with Gasteiger partial charge in [0.15, 0.2) is 0 Å². The van der Waals surface area contributed by atoms with E-state index in [2.05, 4.69) is 10.6 Å². The van der Waals surface area contributed by atoms with Gasteiger partial charge in [-0.3, -0.25) is 9.59 Å². The standard InChI is InChI=1S/C18H23N3O4/c1-17(2,25-4)14(22)19-12-6-5-7-13(10-12)21-15(23)18(3,11-8-9-11)20-16(21)24/h5-7,10-11H,8-9H2,1-4H3,(H,19,22)(H,20,24)/t18-/m0/s1. The normalized spacial score (nSPS) is 23.6. The van der Waals surface area contributed by atoms with Crippen molar-refractivity contribution in [1.29, 1.82) is 0 Å². The number of methoxy groups -OCH3 is 1. The quantitative estimate of drug-likeness (QED) is 0.802. The number of amides is 4. The Morgan fingerprint density at radius 3 is 2.64 bits per heavy atom. The Labute approximate surface area is 146 Å². The van der Waals surface area contributed by atoms with Gasteiger partial charge in [-0.25, -0.2) is 9.69 Å². The van der Waals surface area contributed by atoms with Crippen molar-refractivity contribution in [3.8, 4) is 0 Å². The predicted molar refractivity (Wildman–Crippen MR) is 93.3 cm³/mol. The molecule has 2 fully saturated rings. The maximum absolute atomic E-state index is 12.8. The number of urea groups is 1. The number of hydrogen-bond acceptors (Lipinski definition) is 4. The molecule has 1 aromatic carbocycles. The molecule has 0 unspecified atom stereocenters. The van der Waals surface area contributed by atoms with E-state index in [9.17, 15) is 14.4 Å². The number of nitrogens with one attached hydrogen (secondary N) is 2. The summed E-state index contributed by atoms with van der Waals surface area (Å²) in [4.78, 5) is 38.5. The van der Waals surface area contributed by atoms with Crippen LogP contribution in [0.3, 0.4) is 0 Å². The summed E-state index contributed by atoms with van der Waals surface area (Å²) in [6.07, 6.45) is 1.89. The monoisotopic (exact) mass is 345 g/mol. The van der Waals surface area contributed by atoms with Gasteiger partial charge in [0, 0.05) is 12.8 Å². The summed E-state index contributed by atoms with van der Waals surface area (Å²) in [5.74, 6) is -0.368. The first-order valence-corrected chi connectivity index (χ1v) is 8.32. The molecule has 0 bridgehead atoms. The molecule has 1 saturated carbocycles. The van der Waals surface area contributed by atoms with Gasteiger partial charge in [0.25, 0.3) is 11.8 Å². The van der Waals surface area contributed by atoms with Crippen molar-refractivity contribution in [2.45, 2.75) is 44.8 Å². The highest BCUT2D eigenvalue weighted by atomic mass is 16.5. The lowest BCUT2D eigenvalue weighted by molar-refractivity contribution is -0.133. The summed E-state index contributed by atoms with van der Waals surface area (Å²) >= 11 is 0. The molecule has 7 heteroatoms. The number of ether oxygens (including phenoxy) is 1. The van der Waals surface area contributed by atoms with E-state index in [-0.39, 0.29) is 17.7 Å². The van der Waals surface area contributed by atoms with E-state index in [1.165, 1.54) is 7.11 Å². The van der Waals surface area contributed by atoms with Crippen molar-refractivity contribution >= 4 is 29.2 Å². The molecule has 2 aliphatic rings. The fourth-order valence-corrected chi connectivity index (χ4v) is 2.92. The third-order valence-electron chi connectivity index (χ3n) is 5.03. The number of carbonyl (C=O) groups excluding carboxylic acids is 3. The molecular weight excluding hydrogens is 322 g/mol. The van der Waals surface area contributed by atoms with E-state index in [0.29, 0.717) is 11.4 Å². The lowest BCUT2D eigenvalue weighted by Crippen LogP contribution is -2.46. The van der Waals surface area contributed by atoms with Crippen LogP contribution >= 0.6 is 0 Å². The number of hydrogen-bond donors (Lipinski definition) is 2. The topological polar surface area (TPSA) is 87.7 Å². The van der Waals surface area contributed by atoms with Crippen LogP contribution < -0.4 is 15.5 Å². The number of carbonyl (C=O) groups is 3. The van der Waals surface area contributed by atoms with Gasteiger partial charge in [0.05, 0.1) is 5.69 Å². The molecule has 1 saturated heterocycles. The first kappa shape index (κ1) is 17.4. The van der Waals surface area contributed by atoms with E-state index >= 15 is 0 Å². The summed E-state index contributed by atoms with van der Waals surface area (Å²) in [6.45, 7) is 5.09. The molecule has 1 aliphatic carbocycles. The third-order valence-corrected chi connectivity index (χ3v) is 5.03. The number of anilines is 2. The number of rotatable bonds is 5. The van der Waals surface area contributed by atoms with Crippen molar-refractivity contribution in [3.63, 3.8) is 0 Å². The molecule has 7 nitrogen and oxygen atoms in total. The largest absolute Gasteiger partial charge is 0.369 e. The van der Waals surface area contributed by atoms with E-state index < -0.39 is 17.2 Å². The van der Waals surface area contributed by atoms with Crippen LogP contribution in [0.1, 0.15) is 33.6 Å². The Morgan fingerprint density at radius 1 is 1.36 bits per heavy atom. The van der Waals surface area contributed by atoms with Gasteiger partial charge >= 0.3 is 6.03 Å². The van der Waals surface area contributed by atoms with E-state index in [1.54, 1.807) is 45.0 Å². The minimum Gasteiger partial charge on any atom is -0.369 e. The number of imide groups is 1. The van der Waals surface area contributed by atoms with Crippen LogP contribution in [-0.2, 0) is 14.3 Å². The van der Waals surface area contributed by atoms with Crippen LogP contribution in [0, 0.1) is 5.92 Å². The highest BCUT2D eigenvalue weighted by molar-refractivity contribution is 6.23. The Balaban J connectivity index is 1.83. The van der Waals surface area contributed by atoms with Gasteiger partial charge in [-0.05, 0) is 57.7 Å². The van der Waals surface area contributed by atoms with E-state index in [1.807, 2.05) is 0 Å². The Hall–Kier alpha value is -2.41. The average Bonchev–Trinajstić information content (AvgIpc) is 3.37. The minimum absolute atomic E-state index is 0.194.